The van der Waals surface area contributed by atoms with Crippen molar-refractivity contribution in [2.75, 3.05) is 0 Å². The van der Waals surface area contributed by atoms with Crippen LogP contribution in [0.25, 0.3) is 0 Å². The van der Waals surface area contributed by atoms with Gasteiger partial charge in [0.1, 0.15) is 0 Å². The number of ether oxygens (including phenoxy) is 1. The number of carbonyl (C=O) groups excluding carboxylic acids is 1. The van der Waals surface area contributed by atoms with Crippen molar-refractivity contribution in [1.82, 2.24) is 0 Å². The van der Waals surface area contributed by atoms with E-state index in [4.69, 9.17) is 4.74 Å². The standard InChI is InChI=1S/C11H18O2/c1-4-6-7-8-9-13-11(12)10(3)5-2/h5,8-9H,4,6-7H2,1-3H3/b9-8+,10-5+. The third-order valence-corrected chi connectivity index (χ3v) is 1.75. The van der Waals surface area contributed by atoms with Crippen LogP contribution in [0.3, 0.4) is 0 Å². The van der Waals surface area contributed by atoms with Crippen LogP contribution < -0.4 is 0 Å². The first-order valence-corrected chi connectivity index (χ1v) is 4.71. The van der Waals surface area contributed by atoms with Crippen molar-refractivity contribution in [2.45, 2.75) is 40.0 Å². The van der Waals surface area contributed by atoms with E-state index >= 15 is 0 Å². The Morgan fingerprint density at radius 3 is 2.69 bits per heavy atom. The molecule has 0 heterocycles. The summed E-state index contributed by atoms with van der Waals surface area (Å²) in [5.74, 6) is -0.268. The van der Waals surface area contributed by atoms with Gasteiger partial charge < -0.3 is 4.74 Å². The third-order valence-electron chi connectivity index (χ3n) is 1.75. The van der Waals surface area contributed by atoms with E-state index in [2.05, 4.69) is 6.92 Å². The predicted octanol–water partition coefficient (Wildman–Crippen LogP) is 3.20. The molecule has 0 saturated heterocycles. The lowest BCUT2D eigenvalue weighted by Gasteiger charge is -1.97. The molecule has 0 aliphatic heterocycles. The van der Waals surface area contributed by atoms with Gasteiger partial charge in [0.2, 0.25) is 0 Å². The molecule has 2 nitrogen and oxygen atoms in total. The van der Waals surface area contributed by atoms with Gasteiger partial charge in [-0.2, -0.15) is 0 Å². The second kappa shape index (κ2) is 7.59. The van der Waals surface area contributed by atoms with Gasteiger partial charge in [-0.15, -0.1) is 0 Å². The van der Waals surface area contributed by atoms with Crippen LogP contribution in [0.1, 0.15) is 40.0 Å². The molecular formula is C11H18O2. The molecule has 0 unspecified atom stereocenters. The zero-order valence-corrected chi connectivity index (χ0v) is 8.67. The molecule has 0 N–H and O–H groups in total. The van der Waals surface area contributed by atoms with Crippen LogP contribution >= 0.6 is 0 Å². The molecule has 0 rings (SSSR count). The summed E-state index contributed by atoms with van der Waals surface area (Å²) < 4.78 is 4.85. The van der Waals surface area contributed by atoms with Gasteiger partial charge in [-0.1, -0.05) is 19.4 Å². The summed E-state index contributed by atoms with van der Waals surface area (Å²) in [5, 5.41) is 0. The molecule has 0 aliphatic rings. The molecule has 13 heavy (non-hydrogen) atoms. The van der Waals surface area contributed by atoms with E-state index in [1.807, 2.05) is 13.0 Å². The van der Waals surface area contributed by atoms with Gasteiger partial charge in [0.05, 0.1) is 6.26 Å². The minimum Gasteiger partial charge on any atom is -0.431 e. The Morgan fingerprint density at radius 2 is 2.15 bits per heavy atom. The number of hydrogen-bond donors (Lipinski definition) is 0. The molecular weight excluding hydrogens is 164 g/mol. The largest absolute Gasteiger partial charge is 0.431 e. The fourth-order valence-electron chi connectivity index (χ4n) is 0.711. The van der Waals surface area contributed by atoms with E-state index < -0.39 is 0 Å². The Bertz CT molecular complexity index is 202. The molecule has 0 bridgehead atoms. The van der Waals surface area contributed by atoms with Crippen LogP contribution in [0, 0.1) is 0 Å². The van der Waals surface area contributed by atoms with Crippen molar-refractivity contribution in [3.8, 4) is 0 Å². The molecule has 0 aromatic rings. The second-order valence-corrected chi connectivity index (χ2v) is 2.89. The summed E-state index contributed by atoms with van der Waals surface area (Å²) >= 11 is 0. The molecule has 0 radical (unpaired) electrons. The van der Waals surface area contributed by atoms with Gasteiger partial charge in [-0.05, 0) is 32.8 Å². The average molecular weight is 182 g/mol. The Balaban J connectivity index is 3.64. The fourth-order valence-corrected chi connectivity index (χ4v) is 0.711. The molecule has 0 saturated carbocycles. The van der Waals surface area contributed by atoms with Gasteiger partial charge >= 0.3 is 5.97 Å². The maximum Gasteiger partial charge on any atom is 0.338 e. The molecule has 0 amide bonds. The molecule has 0 spiro atoms. The van der Waals surface area contributed by atoms with Crippen LogP contribution in [0.2, 0.25) is 0 Å². The normalized spacial score (nSPS) is 12.1. The van der Waals surface area contributed by atoms with Crippen molar-refractivity contribution < 1.29 is 9.53 Å². The van der Waals surface area contributed by atoms with E-state index in [1.54, 1.807) is 13.0 Å². The monoisotopic (exact) mass is 182 g/mol. The first kappa shape index (κ1) is 11.9. The van der Waals surface area contributed by atoms with E-state index in [1.165, 1.54) is 6.26 Å². The Morgan fingerprint density at radius 1 is 1.46 bits per heavy atom. The van der Waals surface area contributed by atoms with Crippen molar-refractivity contribution in [2.24, 2.45) is 0 Å². The lowest BCUT2D eigenvalue weighted by molar-refractivity contribution is -0.133. The molecule has 0 aliphatic carbocycles. The quantitative estimate of drug-likeness (QED) is 0.282. The first-order chi connectivity index (χ1) is 6.22. The van der Waals surface area contributed by atoms with Crippen LogP contribution in [0.4, 0.5) is 0 Å². The number of hydrogen-bond acceptors (Lipinski definition) is 2. The summed E-state index contributed by atoms with van der Waals surface area (Å²) in [4.78, 5) is 11.1. The third kappa shape index (κ3) is 6.14. The number of esters is 1. The fraction of sp³-hybridized carbons (Fsp3) is 0.545. The van der Waals surface area contributed by atoms with E-state index in [0.29, 0.717) is 5.57 Å². The summed E-state index contributed by atoms with van der Waals surface area (Å²) in [6.45, 7) is 5.68. The Kier molecular flexibility index (Phi) is 6.98. The predicted molar refractivity (Wildman–Crippen MR) is 54.2 cm³/mol. The van der Waals surface area contributed by atoms with Gasteiger partial charge in [-0.3, -0.25) is 0 Å². The highest BCUT2D eigenvalue weighted by Crippen LogP contribution is 1.98. The van der Waals surface area contributed by atoms with Crippen molar-refractivity contribution >= 4 is 5.97 Å². The smallest absolute Gasteiger partial charge is 0.338 e. The van der Waals surface area contributed by atoms with Crippen LogP contribution in [-0.2, 0) is 9.53 Å². The highest BCUT2D eigenvalue weighted by molar-refractivity contribution is 5.87. The molecule has 2 heteroatoms. The molecule has 0 aromatic carbocycles. The topological polar surface area (TPSA) is 26.3 Å². The van der Waals surface area contributed by atoms with E-state index in [0.717, 1.165) is 19.3 Å². The lowest BCUT2D eigenvalue weighted by Crippen LogP contribution is -2.00. The molecule has 0 atom stereocenters. The second-order valence-electron chi connectivity index (χ2n) is 2.89. The SMILES string of the molecule is C/C=C(\C)C(=O)O/C=C/CCCC. The summed E-state index contributed by atoms with van der Waals surface area (Å²) in [5.41, 5.74) is 0.639. The number of carbonyl (C=O) groups is 1. The van der Waals surface area contributed by atoms with Gasteiger partial charge in [0.25, 0.3) is 0 Å². The van der Waals surface area contributed by atoms with Gasteiger partial charge in [0.15, 0.2) is 0 Å². The van der Waals surface area contributed by atoms with Crippen LogP contribution in [-0.4, -0.2) is 5.97 Å². The summed E-state index contributed by atoms with van der Waals surface area (Å²) in [6.07, 6.45) is 8.36. The highest BCUT2D eigenvalue weighted by atomic mass is 16.5. The number of allylic oxidation sites excluding steroid dienone is 2. The van der Waals surface area contributed by atoms with Gasteiger partial charge in [0, 0.05) is 5.57 Å². The minimum absolute atomic E-state index is 0.268. The molecule has 74 valence electrons. The lowest BCUT2D eigenvalue weighted by atomic mass is 10.2. The zero-order chi connectivity index (χ0) is 10.1. The first-order valence-electron chi connectivity index (χ1n) is 4.71. The maximum atomic E-state index is 11.1. The number of rotatable bonds is 5. The molecule has 0 aromatic heterocycles. The maximum absolute atomic E-state index is 11.1. The molecule has 0 fully saturated rings. The summed E-state index contributed by atoms with van der Waals surface area (Å²) in [6, 6.07) is 0. The van der Waals surface area contributed by atoms with E-state index in [9.17, 15) is 4.79 Å². The Labute approximate surface area is 80.3 Å². The van der Waals surface area contributed by atoms with Crippen molar-refractivity contribution in [3.05, 3.63) is 24.0 Å². The van der Waals surface area contributed by atoms with Crippen LogP contribution in [0.15, 0.2) is 24.0 Å². The minimum atomic E-state index is -0.268. The average Bonchev–Trinajstić information content (AvgIpc) is 2.16. The highest BCUT2D eigenvalue weighted by Gasteiger charge is 2.00. The van der Waals surface area contributed by atoms with E-state index in [-0.39, 0.29) is 5.97 Å². The van der Waals surface area contributed by atoms with Gasteiger partial charge in [-0.25, -0.2) is 4.79 Å². The van der Waals surface area contributed by atoms with Crippen molar-refractivity contribution in [3.63, 3.8) is 0 Å². The number of unbranched alkanes of at least 4 members (excludes halogenated alkanes) is 2. The summed E-state index contributed by atoms with van der Waals surface area (Å²) in [7, 11) is 0. The Hall–Kier alpha value is -1.05. The van der Waals surface area contributed by atoms with Crippen LogP contribution in [0.5, 0.6) is 0 Å². The zero-order valence-electron chi connectivity index (χ0n) is 8.67. The van der Waals surface area contributed by atoms with Crippen molar-refractivity contribution in [1.29, 1.82) is 0 Å².